The van der Waals surface area contributed by atoms with Crippen LogP contribution in [0.2, 0.25) is 0 Å². The summed E-state index contributed by atoms with van der Waals surface area (Å²) in [6.45, 7) is 0.601. The normalized spacial score (nSPS) is 13.8. The van der Waals surface area contributed by atoms with E-state index in [-0.39, 0.29) is 11.2 Å². The first-order valence-corrected chi connectivity index (χ1v) is 10.9. The highest BCUT2D eigenvalue weighted by atomic mass is 19.4. The first kappa shape index (κ1) is 23.5. The summed E-state index contributed by atoms with van der Waals surface area (Å²) in [4.78, 5) is 43.5. The van der Waals surface area contributed by atoms with Crippen molar-refractivity contribution in [2.75, 3.05) is 17.3 Å². The van der Waals surface area contributed by atoms with Crippen LogP contribution in [-0.4, -0.2) is 28.4 Å². The summed E-state index contributed by atoms with van der Waals surface area (Å²) in [5, 5.41) is 2.96. The Morgan fingerprint density at radius 3 is 2.68 bits per heavy atom. The van der Waals surface area contributed by atoms with Gasteiger partial charge >= 0.3 is 6.18 Å². The molecule has 0 saturated heterocycles. The van der Waals surface area contributed by atoms with Crippen molar-refractivity contribution in [1.82, 2.24) is 9.55 Å². The average Bonchev–Trinajstić information content (AvgIpc) is 3.04. The van der Waals surface area contributed by atoms with Gasteiger partial charge in [0, 0.05) is 31.4 Å². The number of hydrogen-bond acceptors (Lipinski definition) is 4. The third-order valence-corrected chi connectivity index (χ3v) is 5.85. The molecule has 7 nitrogen and oxygen atoms in total. The van der Waals surface area contributed by atoms with E-state index in [1.807, 2.05) is 0 Å². The maximum absolute atomic E-state index is 13.0. The van der Waals surface area contributed by atoms with Crippen molar-refractivity contribution >= 4 is 34.1 Å². The van der Waals surface area contributed by atoms with Crippen molar-refractivity contribution < 1.29 is 22.8 Å². The molecule has 1 aliphatic heterocycles. The van der Waals surface area contributed by atoms with E-state index in [1.54, 1.807) is 16.7 Å². The van der Waals surface area contributed by atoms with E-state index < -0.39 is 30.0 Å². The second-order valence-corrected chi connectivity index (χ2v) is 8.25. The first-order chi connectivity index (χ1) is 16.1. The molecule has 4 rings (SSSR count). The lowest BCUT2D eigenvalue weighted by Gasteiger charge is -2.18. The van der Waals surface area contributed by atoms with Gasteiger partial charge < -0.3 is 10.2 Å². The number of carbonyl (C=O) groups excluding carboxylic acids is 2. The number of halogens is 3. The molecule has 10 heteroatoms. The van der Waals surface area contributed by atoms with Crippen LogP contribution in [0.3, 0.4) is 0 Å². The van der Waals surface area contributed by atoms with Crippen molar-refractivity contribution in [3.05, 3.63) is 64.2 Å². The molecule has 1 aromatic heterocycles. The van der Waals surface area contributed by atoms with E-state index in [4.69, 9.17) is 0 Å². The largest absolute Gasteiger partial charge is 0.416 e. The smallest absolute Gasteiger partial charge is 0.326 e. The van der Waals surface area contributed by atoms with Crippen molar-refractivity contribution in [2.24, 2.45) is 0 Å². The molecule has 0 saturated carbocycles. The van der Waals surface area contributed by atoms with Gasteiger partial charge in [-0.2, -0.15) is 13.2 Å². The molecule has 0 bridgehead atoms. The second kappa shape index (κ2) is 9.28. The molecule has 2 heterocycles. The highest BCUT2D eigenvalue weighted by Crippen LogP contribution is 2.31. The lowest BCUT2D eigenvalue weighted by Crippen LogP contribution is -2.30. The van der Waals surface area contributed by atoms with Crippen LogP contribution < -0.4 is 15.8 Å². The Balaban J connectivity index is 1.48. The number of benzene rings is 2. The summed E-state index contributed by atoms with van der Waals surface area (Å²) >= 11 is 0. The summed E-state index contributed by atoms with van der Waals surface area (Å²) < 4.78 is 40.5. The zero-order valence-electron chi connectivity index (χ0n) is 18.5. The maximum atomic E-state index is 13.0. The van der Waals surface area contributed by atoms with Crippen LogP contribution in [0.1, 0.15) is 37.1 Å². The number of nitrogens with zero attached hydrogens (tertiary/aromatic N) is 3. The standard InChI is InChI=1S/C24H23F3N4O3/c1-30(17-7-5-6-15(12-17)24(25,26)27)22(33)14-21(32)28-16-9-10-19-18(13-16)23(34)31-11-4-2-3-8-20(31)29-19/h5-7,9-10,12-13H,2-4,8,11,14H2,1H3,(H,28,32). The van der Waals surface area contributed by atoms with Crippen molar-refractivity contribution in [3.8, 4) is 0 Å². The number of aryl methyl sites for hydroxylation is 1. The molecule has 2 amide bonds. The summed E-state index contributed by atoms with van der Waals surface area (Å²) in [6.07, 6.45) is -1.47. The zero-order chi connectivity index (χ0) is 24.5. The Labute approximate surface area is 193 Å². The summed E-state index contributed by atoms with van der Waals surface area (Å²) in [5.41, 5.74) is -0.156. The molecule has 3 aromatic rings. The van der Waals surface area contributed by atoms with Crippen LogP contribution in [0.15, 0.2) is 47.3 Å². The lowest BCUT2D eigenvalue weighted by molar-refractivity contribution is -0.137. The van der Waals surface area contributed by atoms with Gasteiger partial charge in [0.1, 0.15) is 12.2 Å². The number of carbonyl (C=O) groups is 2. The maximum Gasteiger partial charge on any atom is 0.416 e. The van der Waals surface area contributed by atoms with Gasteiger partial charge in [0.05, 0.1) is 16.5 Å². The van der Waals surface area contributed by atoms with Crippen molar-refractivity contribution in [3.63, 3.8) is 0 Å². The third kappa shape index (κ3) is 4.95. The molecule has 1 N–H and O–H groups in total. The number of hydrogen-bond donors (Lipinski definition) is 1. The van der Waals surface area contributed by atoms with Gasteiger partial charge in [-0.05, 0) is 49.2 Å². The monoisotopic (exact) mass is 472 g/mol. The van der Waals surface area contributed by atoms with Gasteiger partial charge in [0.2, 0.25) is 11.8 Å². The molecule has 34 heavy (non-hydrogen) atoms. The second-order valence-electron chi connectivity index (χ2n) is 8.25. The SMILES string of the molecule is CN(C(=O)CC(=O)Nc1ccc2nc3n(c(=O)c2c1)CCCCC3)c1cccc(C(F)(F)F)c1. The minimum Gasteiger partial charge on any atom is -0.326 e. The Morgan fingerprint density at radius 2 is 1.91 bits per heavy atom. The van der Waals surface area contributed by atoms with Gasteiger partial charge in [-0.3, -0.25) is 19.0 Å². The summed E-state index contributed by atoms with van der Waals surface area (Å²) in [6, 6.07) is 9.09. The number of rotatable bonds is 4. The minimum absolute atomic E-state index is 0.0260. The number of nitrogens with one attached hydrogen (secondary N) is 1. The van der Waals surface area contributed by atoms with E-state index in [0.717, 1.165) is 48.5 Å². The third-order valence-electron chi connectivity index (χ3n) is 5.85. The Morgan fingerprint density at radius 1 is 1.12 bits per heavy atom. The fourth-order valence-electron chi connectivity index (χ4n) is 3.99. The van der Waals surface area contributed by atoms with Gasteiger partial charge in [-0.15, -0.1) is 0 Å². The fraction of sp³-hybridized carbons (Fsp3) is 0.333. The quantitative estimate of drug-likeness (QED) is 0.579. The predicted octanol–water partition coefficient (Wildman–Crippen LogP) is 4.13. The average molecular weight is 472 g/mol. The fourth-order valence-corrected chi connectivity index (χ4v) is 3.99. The van der Waals surface area contributed by atoms with E-state index >= 15 is 0 Å². The molecule has 0 spiro atoms. The lowest BCUT2D eigenvalue weighted by atomic mass is 10.1. The van der Waals surface area contributed by atoms with Gasteiger partial charge in [0.15, 0.2) is 0 Å². The van der Waals surface area contributed by atoms with Crippen LogP contribution >= 0.6 is 0 Å². The highest BCUT2D eigenvalue weighted by Gasteiger charge is 2.31. The Hall–Kier alpha value is -3.69. The topological polar surface area (TPSA) is 84.3 Å². The predicted molar refractivity (Wildman–Crippen MR) is 122 cm³/mol. The van der Waals surface area contributed by atoms with E-state index in [9.17, 15) is 27.6 Å². The van der Waals surface area contributed by atoms with Crippen LogP contribution in [0, 0.1) is 0 Å². The van der Waals surface area contributed by atoms with E-state index in [1.165, 1.54) is 25.2 Å². The number of anilines is 2. The summed E-state index contributed by atoms with van der Waals surface area (Å²) in [7, 11) is 1.31. The summed E-state index contributed by atoms with van der Waals surface area (Å²) in [5.74, 6) is -0.564. The number of amides is 2. The van der Waals surface area contributed by atoms with E-state index in [2.05, 4.69) is 10.3 Å². The van der Waals surface area contributed by atoms with Crippen molar-refractivity contribution in [2.45, 2.75) is 44.8 Å². The van der Waals surface area contributed by atoms with Crippen LogP contribution in [0.5, 0.6) is 0 Å². The zero-order valence-corrected chi connectivity index (χ0v) is 18.5. The van der Waals surface area contributed by atoms with Crippen LogP contribution in [-0.2, 0) is 28.7 Å². The van der Waals surface area contributed by atoms with Crippen molar-refractivity contribution in [1.29, 1.82) is 0 Å². The molecular formula is C24H23F3N4O3. The Bertz CT molecular complexity index is 1320. The number of alkyl halides is 3. The molecule has 0 fully saturated rings. The van der Waals surface area contributed by atoms with Gasteiger partial charge in [0.25, 0.3) is 5.56 Å². The number of aromatic nitrogens is 2. The van der Waals surface area contributed by atoms with Gasteiger partial charge in [-0.25, -0.2) is 4.98 Å². The molecule has 0 unspecified atom stereocenters. The molecule has 0 aliphatic carbocycles. The van der Waals surface area contributed by atoms with Crippen LogP contribution in [0.4, 0.5) is 24.5 Å². The molecule has 1 aliphatic rings. The molecule has 2 aromatic carbocycles. The Kier molecular flexibility index (Phi) is 6.41. The molecule has 0 atom stereocenters. The highest BCUT2D eigenvalue weighted by molar-refractivity contribution is 6.09. The minimum atomic E-state index is -4.54. The van der Waals surface area contributed by atoms with Gasteiger partial charge in [-0.1, -0.05) is 12.5 Å². The number of fused-ring (bicyclic) bond motifs is 2. The van der Waals surface area contributed by atoms with Crippen LogP contribution in [0.25, 0.3) is 10.9 Å². The first-order valence-electron chi connectivity index (χ1n) is 10.9. The molecule has 0 radical (unpaired) electrons. The van der Waals surface area contributed by atoms with E-state index in [0.29, 0.717) is 23.1 Å². The molecular weight excluding hydrogens is 449 g/mol. The molecule has 178 valence electrons.